The van der Waals surface area contributed by atoms with Gasteiger partial charge in [0.05, 0.1) is 10.7 Å². The van der Waals surface area contributed by atoms with Crippen molar-refractivity contribution in [3.05, 3.63) is 51.5 Å². The van der Waals surface area contributed by atoms with Gasteiger partial charge < -0.3 is 10.2 Å². The van der Waals surface area contributed by atoms with Crippen LogP contribution in [0.25, 0.3) is 0 Å². The van der Waals surface area contributed by atoms with Crippen LogP contribution in [0.4, 0.5) is 0 Å². The van der Waals surface area contributed by atoms with Crippen molar-refractivity contribution in [2.45, 2.75) is 39.3 Å². The highest BCUT2D eigenvalue weighted by Crippen LogP contribution is 2.20. The van der Waals surface area contributed by atoms with Gasteiger partial charge in [0.15, 0.2) is 0 Å². The summed E-state index contributed by atoms with van der Waals surface area (Å²) < 4.78 is 0. The van der Waals surface area contributed by atoms with Crippen molar-refractivity contribution in [2.75, 3.05) is 6.54 Å². The van der Waals surface area contributed by atoms with Crippen LogP contribution in [0.15, 0.2) is 30.3 Å². The van der Waals surface area contributed by atoms with Crippen molar-refractivity contribution in [1.29, 1.82) is 0 Å². The second kappa shape index (κ2) is 7.13. The normalized spacial score (nSPS) is 17.3. The number of hydrogen-bond acceptors (Lipinski definition) is 4. The van der Waals surface area contributed by atoms with Gasteiger partial charge in [0, 0.05) is 13.1 Å². The summed E-state index contributed by atoms with van der Waals surface area (Å²) in [6.45, 7) is 5.11. The number of carbonyl (C=O) groups excluding carboxylic acids is 2. The third-order valence-corrected chi connectivity index (χ3v) is 5.47. The first-order valence-corrected chi connectivity index (χ1v) is 9.00. The highest BCUT2D eigenvalue weighted by molar-refractivity contribution is 7.13. The lowest BCUT2D eigenvalue weighted by atomic mass is 10.2. The van der Waals surface area contributed by atoms with Crippen LogP contribution in [0.1, 0.15) is 39.3 Å². The topological polar surface area (TPSA) is 62.3 Å². The molecule has 0 radical (unpaired) electrons. The van der Waals surface area contributed by atoms with Crippen LogP contribution in [-0.2, 0) is 17.8 Å². The predicted molar refractivity (Wildman–Crippen MR) is 94.0 cm³/mol. The molecule has 0 bridgehead atoms. The van der Waals surface area contributed by atoms with E-state index in [2.05, 4.69) is 10.3 Å². The molecule has 2 heterocycles. The average molecular weight is 343 g/mol. The molecule has 6 heteroatoms. The quantitative estimate of drug-likeness (QED) is 0.907. The van der Waals surface area contributed by atoms with Gasteiger partial charge in [-0.25, -0.2) is 4.98 Å². The molecule has 5 nitrogen and oxygen atoms in total. The van der Waals surface area contributed by atoms with Crippen LogP contribution < -0.4 is 5.32 Å². The molecule has 24 heavy (non-hydrogen) atoms. The van der Waals surface area contributed by atoms with E-state index in [0.717, 1.165) is 22.7 Å². The van der Waals surface area contributed by atoms with E-state index in [1.165, 1.54) is 11.3 Å². The van der Waals surface area contributed by atoms with E-state index in [9.17, 15) is 9.59 Å². The van der Waals surface area contributed by atoms with Gasteiger partial charge in [-0.1, -0.05) is 37.3 Å². The van der Waals surface area contributed by atoms with Crippen LogP contribution in [0.3, 0.4) is 0 Å². The summed E-state index contributed by atoms with van der Waals surface area (Å²) in [5, 5.41) is 3.82. The fourth-order valence-corrected chi connectivity index (χ4v) is 3.78. The third kappa shape index (κ3) is 3.48. The Morgan fingerprint density at radius 3 is 2.79 bits per heavy atom. The number of amides is 2. The van der Waals surface area contributed by atoms with E-state index in [-0.39, 0.29) is 11.8 Å². The van der Waals surface area contributed by atoms with Gasteiger partial charge in [-0.3, -0.25) is 9.59 Å². The molecule has 0 spiro atoms. The smallest absolute Gasteiger partial charge is 0.263 e. The summed E-state index contributed by atoms with van der Waals surface area (Å²) in [7, 11) is 0. The Morgan fingerprint density at radius 2 is 2.12 bits per heavy atom. The minimum Gasteiger partial charge on any atom is -0.339 e. The number of carbonyl (C=O) groups is 2. The summed E-state index contributed by atoms with van der Waals surface area (Å²) >= 11 is 1.41. The molecule has 126 valence electrons. The summed E-state index contributed by atoms with van der Waals surface area (Å²) in [4.78, 5) is 31.8. The minimum atomic E-state index is -0.437. The van der Waals surface area contributed by atoms with Crippen LogP contribution in [0, 0.1) is 6.92 Å². The van der Waals surface area contributed by atoms with E-state index in [4.69, 9.17) is 0 Å². The lowest BCUT2D eigenvalue weighted by Gasteiger charge is -2.17. The van der Waals surface area contributed by atoms with Crippen molar-refractivity contribution >= 4 is 23.2 Å². The SMILES string of the molecule is CCc1nc(C)c(C(=O)N[C@H]2CCN(Cc3ccccc3)C2=O)s1. The zero-order valence-corrected chi connectivity index (χ0v) is 14.7. The highest BCUT2D eigenvalue weighted by Gasteiger charge is 2.33. The van der Waals surface area contributed by atoms with E-state index in [1.54, 1.807) is 4.90 Å². The molecule has 1 aromatic carbocycles. The maximum atomic E-state index is 12.5. The third-order valence-electron chi connectivity index (χ3n) is 4.17. The van der Waals surface area contributed by atoms with Crippen molar-refractivity contribution in [3.8, 4) is 0 Å². The predicted octanol–water partition coefficient (Wildman–Crippen LogP) is 2.54. The van der Waals surface area contributed by atoms with E-state index >= 15 is 0 Å². The molecule has 1 fully saturated rings. The number of rotatable bonds is 5. The van der Waals surface area contributed by atoms with Gasteiger partial charge in [0.1, 0.15) is 10.9 Å². The van der Waals surface area contributed by atoms with E-state index < -0.39 is 6.04 Å². The Kier molecular flexibility index (Phi) is 4.94. The summed E-state index contributed by atoms with van der Waals surface area (Å²) in [6.07, 6.45) is 1.46. The van der Waals surface area contributed by atoms with Crippen LogP contribution in [-0.4, -0.2) is 34.3 Å². The van der Waals surface area contributed by atoms with Gasteiger partial charge in [0.25, 0.3) is 5.91 Å². The van der Waals surface area contributed by atoms with Crippen LogP contribution in [0.5, 0.6) is 0 Å². The zero-order chi connectivity index (χ0) is 17.1. The first kappa shape index (κ1) is 16.6. The second-order valence-corrected chi connectivity index (χ2v) is 7.02. The number of nitrogens with zero attached hydrogens (tertiary/aromatic N) is 2. The number of benzene rings is 1. The van der Waals surface area contributed by atoms with E-state index in [0.29, 0.717) is 24.4 Å². The summed E-state index contributed by atoms with van der Waals surface area (Å²) in [6, 6.07) is 9.46. The van der Waals surface area contributed by atoms with Gasteiger partial charge in [-0.15, -0.1) is 11.3 Å². The Labute approximate surface area is 145 Å². The Hall–Kier alpha value is -2.21. The second-order valence-electron chi connectivity index (χ2n) is 5.94. The largest absolute Gasteiger partial charge is 0.339 e. The molecule has 3 rings (SSSR count). The number of thiazole rings is 1. The highest BCUT2D eigenvalue weighted by atomic mass is 32.1. The van der Waals surface area contributed by atoms with Crippen molar-refractivity contribution in [2.24, 2.45) is 0 Å². The maximum Gasteiger partial charge on any atom is 0.263 e. The molecule has 0 unspecified atom stereocenters. The lowest BCUT2D eigenvalue weighted by Crippen LogP contribution is -2.41. The van der Waals surface area contributed by atoms with Crippen LogP contribution >= 0.6 is 11.3 Å². The molecule has 2 aromatic rings. The van der Waals surface area contributed by atoms with Gasteiger partial charge in [-0.2, -0.15) is 0 Å². The molecular weight excluding hydrogens is 322 g/mol. The molecule has 1 saturated heterocycles. The molecule has 0 saturated carbocycles. The Bertz CT molecular complexity index is 742. The number of aromatic nitrogens is 1. The van der Waals surface area contributed by atoms with Gasteiger partial charge in [0.2, 0.25) is 5.91 Å². The number of hydrogen-bond donors (Lipinski definition) is 1. The van der Waals surface area contributed by atoms with Gasteiger partial charge in [-0.05, 0) is 25.3 Å². The standard InChI is InChI=1S/C18H21N3O2S/c1-3-15-19-12(2)16(24-15)17(22)20-14-9-10-21(18(14)23)11-13-7-5-4-6-8-13/h4-8,14H,3,9-11H2,1-2H3,(H,20,22)/t14-/m0/s1. The Balaban J connectivity index is 1.63. The molecule has 1 aromatic heterocycles. The van der Waals surface area contributed by atoms with Crippen molar-refractivity contribution < 1.29 is 9.59 Å². The average Bonchev–Trinajstić information content (AvgIpc) is 3.13. The monoisotopic (exact) mass is 343 g/mol. The number of aryl methyl sites for hydroxylation is 2. The summed E-state index contributed by atoms with van der Waals surface area (Å²) in [5.41, 5.74) is 1.84. The molecule has 0 aliphatic carbocycles. The molecule has 2 amide bonds. The number of likely N-dealkylation sites (tertiary alicyclic amines) is 1. The Morgan fingerprint density at radius 1 is 1.38 bits per heavy atom. The minimum absolute atomic E-state index is 0.00918. The van der Waals surface area contributed by atoms with Crippen LogP contribution in [0.2, 0.25) is 0 Å². The van der Waals surface area contributed by atoms with Crippen molar-refractivity contribution in [3.63, 3.8) is 0 Å². The molecular formula is C18H21N3O2S. The summed E-state index contributed by atoms with van der Waals surface area (Å²) in [5.74, 6) is -0.199. The zero-order valence-electron chi connectivity index (χ0n) is 13.9. The first-order valence-electron chi connectivity index (χ1n) is 8.18. The van der Waals surface area contributed by atoms with Gasteiger partial charge >= 0.3 is 0 Å². The molecule has 1 N–H and O–H groups in total. The maximum absolute atomic E-state index is 12.5. The molecule has 1 aliphatic heterocycles. The molecule has 1 aliphatic rings. The fourth-order valence-electron chi connectivity index (χ4n) is 2.87. The van der Waals surface area contributed by atoms with E-state index in [1.807, 2.05) is 44.2 Å². The fraction of sp³-hybridized carbons (Fsp3) is 0.389. The van der Waals surface area contributed by atoms with Crippen molar-refractivity contribution in [1.82, 2.24) is 15.2 Å². The number of nitrogens with one attached hydrogen (secondary N) is 1. The first-order chi connectivity index (χ1) is 11.6. The lowest BCUT2D eigenvalue weighted by molar-refractivity contribution is -0.129. The molecule has 1 atom stereocenters.